The molecule has 0 atom stereocenters. The number of carbonyl (C=O) groups is 3. The van der Waals surface area contributed by atoms with E-state index in [1.807, 2.05) is 0 Å². The van der Waals surface area contributed by atoms with Crippen molar-refractivity contribution in [2.24, 2.45) is 4.40 Å². The first-order valence-electron chi connectivity index (χ1n) is 10.2. The summed E-state index contributed by atoms with van der Waals surface area (Å²) in [6.07, 6.45) is 0. The predicted molar refractivity (Wildman–Crippen MR) is 122 cm³/mol. The first-order chi connectivity index (χ1) is 16.3. The highest BCUT2D eigenvalue weighted by Gasteiger charge is 2.36. The fraction of sp³-hybridized carbons (Fsp3) is 0.0833. The Morgan fingerprint density at radius 1 is 0.882 bits per heavy atom. The number of carbonyl (C=O) groups excluding carboxylic acids is 3. The number of ether oxygens (including phenoxy) is 1. The van der Waals surface area contributed by atoms with Crippen molar-refractivity contribution in [1.82, 2.24) is 4.90 Å². The van der Waals surface area contributed by atoms with E-state index in [1.54, 1.807) is 54.4 Å². The van der Waals surface area contributed by atoms with E-state index in [0.717, 1.165) is 4.90 Å². The molecule has 0 N–H and O–H groups in total. The number of anilines is 1. The highest BCUT2D eigenvalue weighted by molar-refractivity contribution is 7.90. The van der Waals surface area contributed by atoms with Crippen molar-refractivity contribution in [3.63, 3.8) is 0 Å². The molecule has 2 aliphatic heterocycles. The van der Waals surface area contributed by atoms with Crippen LogP contribution in [0.5, 0.6) is 5.75 Å². The number of fused-ring (bicyclic) bond motifs is 2. The summed E-state index contributed by atoms with van der Waals surface area (Å²) >= 11 is 0. The number of amidine groups is 1. The maximum Gasteiger partial charge on any atom is 0.331 e. The summed E-state index contributed by atoms with van der Waals surface area (Å²) in [4.78, 5) is 39.8. The van der Waals surface area contributed by atoms with E-state index < -0.39 is 34.4 Å². The summed E-state index contributed by atoms with van der Waals surface area (Å²) < 4.78 is 33.8. The second-order valence-corrected chi connectivity index (χ2v) is 9.23. The third-order valence-corrected chi connectivity index (χ3v) is 6.88. The Kier molecular flexibility index (Phi) is 5.02. The molecule has 0 spiro atoms. The molecule has 0 aliphatic carbocycles. The number of sulfonamides is 1. The lowest BCUT2D eigenvalue weighted by Gasteiger charge is -2.19. The predicted octanol–water partition coefficient (Wildman–Crippen LogP) is 2.47. The normalized spacial score (nSPS) is 15.6. The standard InChI is InChI=1S/C24H17N3O6S/c1-26(22-19-8-4-5-9-20(19)34(31,32)25-22)15-10-12-16(13-11-15)33-21(28)14-27-23(29)17-6-2-3-7-18(17)24(27)30/h2-13H,14H2,1H3. The van der Waals surface area contributed by atoms with Crippen LogP contribution in [-0.4, -0.2) is 50.5 Å². The van der Waals surface area contributed by atoms with Crippen LogP contribution in [0, 0.1) is 0 Å². The topological polar surface area (TPSA) is 113 Å². The lowest BCUT2D eigenvalue weighted by Crippen LogP contribution is -2.36. The zero-order valence-electron chi connectivity index (χ0n) is 17.8. The summed E-state index contributed by atoms with van der Waals surface area (Å²) in [6.45, 7) is -0.514. The van der Waals surface area contributed by atoms with Crippen molar-refractivity contribution in [2.75, 3.05) is 18.5 Å². The Bertz CT molecular complexity index is 1460. The molecule has 0 saturated heterocycles. The molecule has 2 amide bonds. The van der Waals surface area contributed by atoms with Crippen LogP contribution >= 0.6 is 0 Å². The van der Waals surface area contributed by atoms with Gasteiger partial charge < -0.3 is 9.64 Å². The fourth-order valence-corrected chi connectivity index (χ4v) is 5.10. The Morgan fingerprint density at radius 3 is 2.06 bits per heavy atom. The molecule has 0 fully saturated rings. The lowest BCUT2D eigenvalue weighted by atomic mass is 10.1. The van der Waals surface area contributed by atoms with Crippen LogP contribution < -0.4 is 9.64 Å². The van der Waals surface area contributed by atoms with E-state index in [0.29, 0.717) is 11.3 Å². The average molecular weight is 475 g/mol. The third-order valence-electron chi connectivity index (χ3n) is 5.55. The zero-order valence-corrected chi connectivity index (χ0v) is 18.7. The molecule has 9 nitrogen and oxygen atoms in total. The quantitative estimate of drug-likeness (QED) is 0.324. The van der Waals surface area contributed by atoms with E-state index in [9.17, 15) is 22.8 Å². The highest BCUT2D eigenvalue weighted by atomic mass is 32.2. The van der Waals surface area contributed by atoms with Crippen molar-refractivity contribution in [2.45, 2.75) is 4.90 Å². The molecule has 0 radical (unpaired) electrons. The first kappa shape index (κ1) is 21.5. The van der Waals surface area contributed by atoms with Crippen LogP contribution in [0.2, 0.25) is 0 Å². The Morgan fingerprint density at radius 2 is 1.44 bits per heavy atom. The number of nitrogens with zero attached hydrogens (tertiary/aromatic N) is 3. The Labute approximate surface area is 194 Å². The summed E-state index contributed by atoms with van der Waals surface area (Å²) in [6, 6.07) is 19.3. The van der Waals surface area contributed by atoms with E-state index >= 15 is 0 Å². The third kappa shape index (κ3) is 3.54. The van der Waals surface area contributed by atoms with Crippen molar-refractivity contribution < 1.29 is 27.5 Å². The zero-order chi connectivity index (χ0) is 24.0. The first-order valence-corrected chi connectivity index (χ1v) is 11.6. The molecular weight excluding hydrogens is 458 g/mol. The highest BCUT2D eigenvalue weighted by Crippen LogP contribution is 2.30. The molecule has 0 saturated carbocycles. The molecule has 3 aromatic carbocycles. The molecule has 2 aliphatic rings. The van der Waals surface area contributed by atoms with Gasteiger partial charge in [-0.25, -0.2) is 4.79 Å². The lowest BCUT2D eigenvalue weighted by molar-refractivity contribution is -0.134. The molecule has 0 aromatic heterocycles. The summed E-state index contributed by atoms with van der Waals surface area (Å²) in [7, 11) is -2.07. The molecule has 170 valence electrons. The van der Waals surface area contributed by atoms with Crippen molar-refractivity contribution in [3.8, 4) is 5.75 Å². The Balaban J connectivity index is 1.28. The van der Waals surface area contributed by atoms with Crippen molar-refractivity contribution >= 4 is 39.3 Å². The molecule has 2 heterocycles. The van der Waals surface area contributed by atoms with Gasteiger partial charge in [0.15, 0.2) is 5.84 Å². The smallest absolute Gasteiger partial charge is 0.331 e. The van der Waals surface area contributed by atoms with E-state index in [2.05, 4.69) is 4.40 Å². The summed E-state index contributed by atoms with van der Waals surface area (Å²) in [5, 5.41) is 0. The number of hydrogen-bond acceptors (Lipinski definition) is 7. The van der Waals surface area contributed by atoms with Gasteiger partial charge in [0, 0.05) is 18.3 Å². The van der Waals surface area contributed by atoms with Crippen LogP contribution in [0.25, 0.3) is 0 Å². The summed E-state index contributed by atoms with van der Waals surface area (Å²) in [5.74, 6) is -1.36. The number of benzene rings is 3. The minimum Gasteiger partial charge on any atom is -0.425 e. The van der Waals surface area contributed by atoms with Crippen LogP contribution in [0.3, 0.4) is 0 Å². The second-order valence-electron chi connectivity index (χ2n) is 7.66. The van der Waals surface area contributed by atoms with Gasteiger partial charge in [-0.15, -0.1) is 4.40 Å². The molecule has 3 aromatic rings. The van der Waals surface area contributed by atoms with Crippen LogP contribution in [-0.2, 0) is 14.8 Å². The largest absolute Gasteiger partial charge is 0.425 e. The van der Waals surface area contributed by atoms with Crippen molar-refractivity contribution in [1.29, 1.82) is 0 Å². The van der Waals surface area contributed by atoms with Crippen LogP contribution in [0.1, 0.15) is 26.3 Å². The SMILES string of the molecule is CN(C1=NS(=O)(=O)c2ccccc21)c1ccc(OC(=O)CN2C(=O)c3ccccc3C2=O)cc1. The maximum atomic E-state index is 12.4. The van der Waals surface area contributed by atoms with E-state index in [-0.39, 0.29) is 27.6 Å². The second kappa shape index (κ2) is 7.92. The van der Waals surface area contributed by atoms with Gasteiger partial charge in [-0.1, -0.05) is 24.3 Å². The average Bonchev–Trinajstić information content (AvgIpc) is 3.25. The van der Waals surface area contributed by atoms with Gasteiger partial charge in [0.05, 0.1) is 11.1 Å². The number of hydrogen-bond donors (Lipinski definition) is 0. The number of imide groups is 1. The van der Waals surface area contributed by atoms with Gasteiger partial charge in [-0.3, -0.25) is 14.5 Å². The van der Waals surface area contributed by atoms with Crippen molar-refractivity contribution in [3.05, 3.63) is 89.5 Å². The number of esters is 1. The molecule has 5 rings (SSSR count). The Hall–Kier alpha value is -4.31. The molecule has 34 heavy (non-hydrogen) atoms. The summed E-state index contributed by atoms with van der Waals surface area (Å²) in [5.41, 5.74) is 1.63. The van der Waals surface area contributed by atoms with Crippen LogP contribution in [0.15, 0.2) is 82.1 Å². The minimum absolute atomic E-state index is 0.149. The van der Waals surface area contributed by atoms with E-state index in [1.165, 1.54) is 30.3 Å². The minimum atomic E-state index is -3.75. The fourth-order valence-electron chi connectivity index (χ4n) is 3.87. The van der Waals surface area contributed by atoms with Gasteiger partial charge in [-0.05, 0) is 48.5 Å². The molecular formula is C24H17N3O6S. The molecule has 10 heteroatoms. The van der Waals surface area contributed by atoms with Gasteiger partial charge >= 0.3 is 5.97 Å². The number of rotatable bonds is 4. The van der Waals surface area contributed by atoms with Gasteiger partial charge in [0.2, 0.25) is 0 Å². The molecule has 0 unspecified atom stereocenters. The van der Waals surface area contributed by atoms with Gasteiger partial charge in [0.1, 0.15) is 17.2 Å². The van der Waals surface area contributed by atoms with E-state index in [4.69, 9.17) is 4.74 Å². The van der Waals surface area contributed by atoms with Crippen LogP contribution in [0.4, 0.5) is 5.69 Å². The molecule has 0 bridgehead atoms. The van der Waals surface area contributed by atoms with Gasteiger partial charge in [0.25, 0.3) is 21.8 Å². The van der Waals surface area contributed by atoms with Gasteiger partial charge in [-0.2, -0.15) is 8.42 Å². The monoisotopic (exact) mass is 475 g/mol. The maximum absolute atomic E-state index is 12.4. The number of amides is 2.